The number of aliphatic imine (C=N–C) groups is 2. The van der Waals surface area contributed by atoms with Crippen LogP contribution in [0.4, 0.5) is 10.3 Å². The third-order valence-corrected chi connectivity index (χ3v) is 11.6. The molecule has 0 fully saturated rings. The highest BCUT2D eigenvalue weighted by molar-refractivity contribution is 7.25. The predicted octanol–water partition coefficient (Wildman–Crippen LogP) is 3.97. The Morgan fingerprint density at radius 2 is 1.25 bits per heavy atom. The van der Waals surface area contributed by atoms with Crippen molar-refractivity contribution >= 4 is 74.0 Å². The van der Waals surface area contributed by atoms with Gasteiger partial charge in [0.15, 0.2) is 6.23 Å². The standard InChI is InChI=1S/C39H28N8O8S2/c1-19-23(15-40)31(48)46(3)33(50)25(19)42-37-44-29-27(56-37)28-30(45-38(57-28)43-26-20(2)24(16-41)32(49)47(4)34(26)51)39(29,35(52)54-17-21-11-7-5-8-12-21)36(53)55-18-22-13-9-6-10-14-22/h5-14,33,50H,17-18H2,1-4H3. The molecule has 18 heteroatoms. The van der Waals surface area contributed by atoms with Gasteiger partial charge in [0, 0.05) is 19.7 Å². The minimum absolute atomic E-state index is 0.0167. The molecule has 0 bridgehead atoms. The van der Waals surface area contributed by atoms with Crippen molar-refractivity contribution in [1.29, 1.82) is 10.5 Å². The van der Waals surface area contributed by atoms with E-state index >= 15 is 0 Å². The molecule has 0 saturated heterocycles. The number of benzene rings is 2. The van der Waals surface area contributed by atoms with Crippen molar-refractivity contribution in [3.63, 3.8) is 0 Å². The highest BCUT2D eigenvalue weighted by Gasteiger charge is 2.63. The molecule has 57 heavy (non-hydrogen) atoms. The highest BCUT2D eigenvalue weighted by atomic mass is 32.1. The Balaban J connectivity index is 1.44. The number of fused-ring (bicyclic) bond motifs is 3. The number of esters is 2. The van der Waals surface area contributed by atoms with E-state index in [1.807, 2.05) is 12.1 Å². The van der Waals surface area contributed by atoms with Crippen LogP contribution in [0.25, 0.3) is 9.75 Å². The summed E-state index contributed by atoms with van der Waals surface area (Å²) in [5, 5.41) is 30.3. The Morgan fingerprint density at radius 1 is 0.772 bits per heavy atom. The number of nitrogens with zero attached hydrogens (tertiary/aromatic N) is 8. The van der Waals surface area contributed by atoms with Gasteiger partial charge in [0.1, 0.15) is 42.2 Å². The van der Waals surface area contributed by atoms with Crippen LogP contribution in [0.1, 0.15) is 36.4 Å². The maximum absolute atomic E-state index is 14.7. The van der Waals surface area contributed by atoms with Crippen molar-refractivity contribution in [1.82, 2.24) is 19.8 Å². The van der Waals surface area contributed by atoms with Crippen LogP contribution in [0.2, 0.25) is 0 Å². The molecule has 284 valence electrons. The van der Waals surface area contributed by atoms with Crippen molar-refractivity contribution in [2.75, 3.05) is 14.1 Å². The second-order valence-electron chi connectivity index (χ2n) is 12.9. The zero-order valence-electron chi connectivity index (χ0n) is 30.5. The highest BCUT2D eigenvalue weighted by Crippen LogP contribution is 2.57. The van der Waals surface area contributed by atoms with Gasteiger partial charge < -0.3 is 19.5 Å². The zero-order valence-corrected chi connectivity index (χ0v) is 32.1. The number of hydrogen-bond donors (Lipinski definition) is 1. The lowest BCUT2D eigenvalue weighted by molar-refractivity contribution is -0.164. The summed E-state index contributed by atoms with van der Waals surface area (Å²) in [4.78, 5) is 88.4. The average Bonchev–Trinajstić information content (AvgIpc) is 3.89. The number of aliphatic hydroxyl groups is 1. The Labute approximate surface area is 332 Å². The summed E-state index contributed by atoms with van der Waals surface area (Å²) < 4.78 is 11.7. The van der Waals surface area contributed by atoms with Crippen LogP contribution in [0, 0.1) is 22.7 Å². The summed E-state index contributed by atoms with van der Waals surface area (Å²) in [5.74, 6) is -4.48. The van der Waals surface area contributed by atoms with Gasteiger partial charge in [-0.2, -0.15) is 10.5 Å². The Hall–Kier alpha value is -6.99. The Morgan fingerprint density at radius 3 is 1.74 bits per heavy atom. The molecule has 16 nitrogen and oxygen atoms in total. The van der Waals surface area contributed by atoms with Gasteiger partial charge in [0.25, 0.3) is 23.1 Å². The molecule has 0 spiro atoms. The van der Waals surface area contributed by atoms with E-state index in [1.54, 1.807) is 60.7 Å². The van der Waals surface area contributed by atoms with Crippen LogP contribution in [-0.4, -0.2) is 86.3 Å². The molecule has 1 N–H and O–H groups in total. The summed E-state index contributed by atoms with van der Waals surface area (Å²) in [7, 11) is 2.51. The molecule has 4 aromatic rings. The summed E-state index contributed by atoms with van der Waals surface area (Å²) in [6, 6.07) is 21.1. The lowest BCUT2D eigenvalue weighted by Gasteiger charge is -2.29. The summed E-state index contributed by atoms with van der Waals surface area (Å²) in [5.41, 5.74) is -2.24. The molecule has 2 aliphatic heterocycles. The quantitative estimate of drug-likeness (QED) is 0.152. The van der Waals surface area contributed by atoms with E-state index in [-0.39, 0.29) is 78.3 Å². The second kappa shape index (κ2) is 14.9. The molecule has 3 aliphatic rings. The molecule has 4 heterocycles. The predicted molar refractivity (Wildman–Crippen MR) is 204 cm³/mol. The summed E-state index contributed by atoms with van der Waals surface area (Å²) in [6.07, 6.45) is -1.56. The van der Waals surface area contributed by atoms with Crippen molar-refractivity contribution in [2.45, 2.75) is 38.7 Å². The van der Waals surface area contributed by atoms with Gasteiger partial charge in [-0.1, -0.05) is 83.3 Å². The van der Waals surface area contributed by atoms with Crippen molar-refractivity contribution in [3.05, 3.63) is 105 Å². The molecular weight excluding hydrogens is 773 g/mol. The number of hydrogen-bond acceptors (Lipinski definition) is 16. The van der Waals surface area contributed by atoms with Gasteiger partial charge in [-0.15, -0.1) is 0 Å². The average molecular weight is 801 g/mol. The first-order valence-electron chi connectivity index (χ1n) is 17.0. The minimum atomic E-state index is -2.47. The monoisotopic (exact) mass is 800 g/mol. The molecule has 1 atom stereocenters. The van der Waals surface area contributed by atoms with E-state index in [4.69, 9.17) is 9.47 Å². The SMILES string of the molecule is CC1=C(C#N)C(=O)N(C)C(=O)C1=Nc1nc2c(s1)-c1sc(N=C3C(C)=C(C#N)C(=O)N(C)C3O)nc1C2(C(=O)OCc1ccccc1)C(=O)OCc1ccccc1. The number of aliphatic hydroxyl groups excluding tert-OH is 1. The molecule has 2 aromatic carbocycles. The molecule has 3 amide bonds. The summed E-state index contributed by atoms with van der Waals surface area (Å²) >= 11 is 1.82. The first-order valence-corrected chi connectivity index (χ1v) is 18.6. The van der Waals surface area contributed by atoms with Crippen molar-refractivity contribution < 1.29 is 38.6 Å². The zero-order chi connectivity index (χ0) is 40.8. The number of carbonyl (C=O) groups is 5. The molecule has 0 saturated carbocycles. The van der Waals surface area contributed by atoms with Gasteiger partial charge in [-0.25, -0.2) is 29.5 Å². The Bertz CT molecular complexity index is 2570. The number of thiazole rings is 2. The van der Waals surface area contributed by atoms with Crippen LogP contribution in [0.3, 0.4) is 0 Å². The number of likely N-dealkylation sites (N-methyl/N-ethyl adjacent to an activating group) is 2. The van der Waals surface area contributed by atoms with Crippen molar-refractivity contribution in [3.8, 4) is 21.9 Å². The Kier molecular flexibility index (Phi) is 10.0. The fourth-order valence-electron chi connectivity index (χ4n) is 6.32. The molecule has 7 rings (SSSR count). The maximum Gasteiger partial charge on any atom is 0.336 e. The number of carbonyl (C=O) groups excluding carboxylic acids is 5. The molecule has 0 radical (unpaired) electrons. The van der Waals surface area contributed by atoms with Gasteiger partial charge in [0.2, 0.25) is 10.3 Å². The van der Waals surface area contributed by atoms with Gasteiger partial charge >= 0.3 is 11.9 Å². The van der Waals surface area contributed by atoms with Crippen molar-refractivity contribution in [2.24, 2.45) is 9.98 Å². The fraction of sp³-hybridized carbons (Fsp3) is 0.205. The van der Waals surface area contributed by atoms with E-state index in [0.29, 0.717) is 11.1 Å². The first-order chi connectivity index (χ1) is 27.3. The summed E-state index contributed by atoms with van der Waals surface area (Å²) in [6.45, 7) is 2.36. The van der Waals surface area contributed by atoms with E-state index in [1.165, 1.54) is 27.9 Å². The molecule has 1 aliphatic carbocycles. The third-order valence-electron chi connectivity index (χ3n) is 9.49. The topological polar surface area (TPSA) is 229 Å². The van der Waals surface area contributed by atoms with Gasteiger partial charge in [-0.05, 0) is 30.5 Å². The number of imide groups is 1. The first kappa shape index (κ1) is 38.3. The normalized spacial score (nSPS) is 18.8. The molecule has 1 unspecified atom stereocenters. The fourth-order valence-corrected chi connectivity index (χ4v) is 8.46. The lowest BCUT2D eigenvalue weighted by Crippen LogP contribution is -2.47. The second-order valence-corrected chi connectivity index (χ2v) is 14.8. The van der Waals surface area contributed by atoms with Crippen LogP contribution in [-0.2, 0) is 52.1 Å². The van der Waals surface area contributed by atoms with E-state index in [2.05, 4.69) is 20.0 Å². The van der Waals surface area contributed by atoms with Crippen LogP contribution in [0.15, 0.2) is 92.9 Å². The van der Waals surface area contributed by atoms with Crippen LogP contribution in [0.5, 0.6) is 0 Å². The van der Waals surface area contributed by atoms with Gasteiger partial charge in [0.05, 0.1) is 26.9 Å². The lowest BCUT2D eigenvalue weighted by atomic mass is 9.84. The van der Waals surface area contributed by atoms with Gasteiger partial charge in [-0.3, -0.25) is 19.3 Å². The maximum atomic E-state index is 14.7. The molecular formula is C39H28N8O8S2. The van der Waals surface area contributed by atoms with E-state index < -0.39 is 41.3 Å². The van der Waals surface area contributed by atoms with Crippen LogP contribution < -0.4 is 0 Å². The smallest absolute Gasteiger partial charge is 0.336 e. The number of rotatable bonds is 8. The minimum Gasteiger partial charge on any atom is -0.459 e. The van der Waals surface area contributed by atoms with E-state index in [9.17, 15) is 39.6 Å². The number of nitriles is 2. The number of amides is 3. The number of aromatic nitrogens is 2. The van der Waals surface area contributed by atoms with Crippen LogP contribution >= 0.6 is 22.7 Å². The number of ether oxygens (including phenoxy) is 2. The largest absolute Gasteiger partial charge is 0.459 e. The van der Waals surface area contributed by atoms with E-state index in [0.717, 1.165) is 32.5 Å². The third kappa shape index (κ3) is 6.31. The molecule has 2 aromatic heterocycles.